The van der Waals surface area contributed by atoms with Crippen LogP contribution in [0, 0.1) is 0 Å². The van der Waals surface area contributed by atoms with Gasteiger partial charge in [-0.3, -0.25) is 4.79 Å². The van der Waals surface area contributed by atoms with Gasteiger partial charge in [-0.25, -0.2) is 0 Å². The maximum Gasteiger partial charge on any atom is 0.261 e. The zero-order valence-electron chi connectivity index (χ0n) is 11.5. The average molecular weight is 298 g/mol. The van der Waals surface area contributed by atoms with Crippen LogP contribution in [0.15, 0.2) is 17.2 Å². The normalized spacial score (nSPS) is 10.3. The molecule has 1 rings (SSSR count). The number of amides is 1. The summed E-state index contributed by atoms with van der Waals surface area (Å²) in [6.07, 6.45) is -0.434. The molecule has 0 unspecified atom stereocenters. The molecule has 1 aromatic rings. The Kier molecular flexibility index (Phi) is 7.67. The average Bonchev–Trinajstić information content (AvgIpc) is 2.91. The van der Waals surface area contributed by atoms with Crippen LogP contribution in [0.25, 0.3) is 10.4 Å². The molecule has 1 N–H and O–H groups in total. The molecule has 110 valence electrons. The molecule has 0 saturated carbocycles. The van der Waals surface area contributed by atoms with E-state index in [1.54, 1.807) is 12.1 Å². The molecule has 0 bridgehead atoms. The minimum absolute atomic E-state index is 0.188. The molecule has 7 nitrogen and oxygen atoms in total. The van der Waals surface area contributed by atoms with Gasteiger partial charge in [0.05, 0.1) is 18.0 Å². The fourth-order valence-corrected chi connectivity index (χ4v) is 2.33. The standard InChI is InChI=1S/C12H18N4O3S/c1-3-18-11(19-4-2)8-14-12(17)10-6-5-9(20-10)7-15-16-13/h5-6,11H,3-4,7-8H2,1-2H3,(H,14,17). The summed E-state index contributed by atoms with van der Waals surface area (Å²) < 4.78 is 10.7. The van der Waals surface area contributed by atoms with Crippen LogP contribution in [0.2, 0.25) is 0 Å². The number of ether oxygens (including phenoxy) is 2. The van der Waals surface area contributed by atoms with Crippen molar-refractivity contribution < 1.29 is 14.3 Å². The molecular formula is C12H18N4O3S. The molecule has 0 aliphatic heterocycles. The van der Waals surface area contributed by atoms with Crippen molar-refractivity contribution in [2.75, 3.05) is 19.8 Å². The van der Waals surface area contributed by atoms with E-state index in [9.17, 15) is 4.79 Å². The van der Waals surface area contributed by atoms with Crippen LogP contribution >= 0.6 is 11.3 Å². The molecule has 0 aliphatic rings. The Morgan fingerprint density at radius 1 is 1.45 bits per heavy atom. The SMILES string of the molecule is CCOC(CNC(=O)c1ccc(CN=[N+]=[N-])s1)OCC. The monoisotopic (exact) mass is 298 g/mol. The smallest absolute Gasteiger partial charge is 0.261 e. The Morgan fingerprint density at radius 2 is 2.15 bits per heavy atom. The number of carbonyl (C=O) groups is 1. The number of carbonyl (C=O) groups excluding carboxylic acids is 1. The largest absolute Gasteiger partial charge is 0.351 e. The van der Waals surface area contributed by atoms with Crippen molar-refractivity contribution in [1.29, 1.82) is 0 Å². The molecule has 1 amide bonds. The van der Waals surface area contributed by atoms with Crippen molar-refractivity contribution in [3.05, 3.63) is 32.3 Å². The van der Waals surface area contributed by atoms with E-state index >= 15 is 0 Å². The Bertz CT molecular complexity index is 465. The molecule has 0 aliphatic carbocycles. The van der Waals surface area contributed by atoms with Gasteiger partial charge < -0.3 is 14.8 Å². The van der Waals surface area contributed by atoms with E-state index in [-0.39, 0.29) is 12.5 Å². The van der Waals surface area contributed by atoms with Crippen LogP contribution in [0.3, 0.4) is 0 Å². The molecule has 20 heavy (non-hydrogen) atoms. The van der Waals surface area contributed by atoms with Gasteiger partial charge in [-0.05, 0) is 31.5 Å². The molecule has 8 heteroatoms. The second-order valence-electron chi connectivity index (χ2n) is 3.71. The number of hydrogen-bond donors (Lipinski definition) is 1. The van der Waals surface area contributed by atoms with Crippen LogP contribution in [0.4, 0.5) is 0 Å². The maximum atomic E-state index is 11.9. The van der Waals surface area contributed by atoms with Gasteiger partial charge in [0.1, 0.15) is 0 Å². The first-order valence-electron chi connectivity index (χ1n) is 6.32. The van der Waals surface area contributed by atoms with Crippen molar-refractivity contribution in [1.82, 2.24) is 5.32 Å². The molecule has 0 atom stereocenters. The summed E-state index contributed by atoms with van der Waals surface area (Å²) in [6.45, 7) is 5.34. The third-order valence-electron chi connectivity index (χ3n) is 2.31. The van der Waals surface area contributed by atoms with Crippen molar-refractivity contribution >= 4 is 17.2 Å². The molecule has 1 aromatic heterocycles. The Labute approximate surface area is 121 Å². The summed E-state index contributed by atoms with van der Waals surface area (Å²) in [5.74, 6) is -0.188. The number of nitrogens with zero attached hydrogens (tertiary/aromatic N) is 3. The summed E-state index contributed by atoms with van der Waals surface area (Å²) in [7, 11) is 0. The predicted molar refractivity (Wildman–Crippen MR) is 76.5 cm³/mol. The number of rotatable bonds is 9. The summed E-state index contributed by atoms with van der Waals surface area (Å²) >= 11 is 1.30. The lowest BCUT2D eigenvalue weighted by Crippen LogP contribution is -2.35. The van der Waals surface area contributed by atoms with E-state index in [0.29, 0.717) is 24.6 Å². The van der Waals surface area contributed by atoms with Crippen LogP contribution in [0.5, 0.6) is 0 Å². The van der Waals surface area contributed by atoms with Gasteiger partial charge in [0.2, 0.25) is 0 Å². The summed E-state index contributed by atoms with van der Waals surface area (Å²) in [5, 5.41) is 6.21. The van der Waals surface area contributed by atoms with Gasteiger partial charge in [-0.2, -0.15) is 0 Å². The van der Waals surface area contributed by atoms with E-state index in [2.05, 4.69) is 15.3 Å². The Morgan fingerprint density at radius 3 is 2.75 bits per heavy atom. The first kappa shape index (κ1) is 16.5. The number of azide groups is 1. The molecule has 0 aromatic carbocycles. The fourth-order valence-electron chi connectivity index (χ4n) is 1.49. The van der Waals surface area contributed by atoms with Gasteiger partial charge in [-0.1, -0.05) is 5.11 Å². The number of thiophene rings is 1. The summed E-state index contributed by atoms with van der Waals surface area (Å²) in [6, 6.07) is 3.48. The van der Waals surface area contributed by atoms with Crippen LogP contribution in [0.1, 0.15) is 28.4 Å². The molecule has 0 spiro atoms. The first-order chi connectivity index (χ1) is 9.71. The third kappa shape index (κ3) is 5.58. The minimum Gasteiger partial charge on any atom is -0.351 e. The van der Waals surface area contributed by atoms with Gasteiger partial charge in [0, 0.05) is 23.0 Å². The fraction of sp³-hybridized carbons (Fsp3) is 0.583. The van der Waals surface area contributed by atoms with E-state index in [1.807, 2.05) is 13.8 Å². The van der Waals surface area contributed by atoms with Crippen LogP contribution in [-0.4, -0.2) is 32.0 Å². The van der Waals surface area contributed by atoms with Crippen molar-refractivity contribution in [3.63, 3.8) is 0 Å². The van der Waals surface area contributed by atoms with E-state index in [4.69, 9.17) is 15.0 Å². The zero-order valence-corrected chi connectivity index (χ0v) is 12.4. The second-order valence-corrected chi connectivity index (χ2v) is 4.87. The highest BCUT2D eigenvalue weighted by molar-refractivity contribution is 7.14. The van der Waals surface area contributed by atoms with Crippen LogP contribution in [-0.2, 0) is 16.0 Å². The van der Waals surface area contributed by atoms with Crippen LogP contribution < -0.4 is 5.32 Å². The molecule has 0 fully saturated rings. The molecule has 1 heterocycles. The lowest BCUT2D eigenvalue weighted by atomic mass is 10.4. The van der Waals surface area contributed by atoms with Gasteiger partial charge in [0.15, 0.2) is 6.29 Å². The second kappa shape index (κ2) is 9.33. The van der Waals surface area contributed by atoms with E-state index < -0.39 is 6.29 Å². The lowest BCUT2D eigenvalue weighted by molar-refractivity contribution is -0.131. The van der Waals surface area contributed by atoms with E-state index in [0.717, 1.165) is 4.88 Å². The third-order valence-corrected chi connectivity index (χ3v) is 3.38. The number of hydrogen-bond acceptors (Lipinski definition) is 5. The van der Waals surface area contributed by atoms with E-state index in [1.165, 1.54) is 11.3 Å². The highest BCUT2D eigenvalue weighted by atomic mass is 32.1. The summed E-state index contributed by atoms with van der Waals surface area (Å²) in [5.41, 5.74) is 8.25. The highest BCUT2D eigenvalue weighted by Crippen LogP contribution is 2.17. The Hall–Kier alpha value is -1.60. The first-order valence-corrected chi connectivity index (χ1v) is 7.13. The topological polar surface area (TPSA) is 96.3 Å². The minimum atomic E-state index is -0.434. The van der Waals surface area contributed by atoms with Crippen molar-refractivity contribution in [2.24, 2.45) is 5.11 Å². The number of nitrogens with one attached hydrogen (secondary N) is 1. The Balaban J connectivity index is 2.48. The lowest BCUT2D eigenvalue weighted by Gasteiger charge is -2.17. The predicted octanol–water partition coefficient (Wildman–Crippen LogP) is 2.69. The quantitative estimate of drug-likeness (QED) is 0.328. The highest BCUT2D eigenvalue weighted by Gasteiger charge is 2.13. The van der Waals surface area contributed by atoms with Crippen molar-refractivity contribution in [3.8, 4) is 0 Å². The molecule has 0 radical (unpaired) electrons. The molecular weight excluding hydrogens is 280 g/mol. The molecule has 0 saturated heterocycles. The maximum absolute atomic E-state index is 11.9. The van der Waals surface area contributed by atoms with Gasteiger partial charge in [-0.15, -0.1) is 11.3 Å². The zero-order chi connectivity index (χ0) is 14.8. The summed E-state index contributed by atoms with van der Waals surface area (Å²) in [4.78, 5) is 16.0. The van der Waals surface area contributed by atoms with Gasteiger partial charge >= 0.3 is 0 Å². The van der Waals surface area contributed by atoms with Gasteiger partial charge in [0.25, 0.3) is 5.91 Å². The van der Waals surface area contributed by atoms with Crippen molar-refractivity contribution in [2.45, 2.75) is 26.7 Å².